The molecule has 0 atom stereocenters. The van der Waals surface area contributed by atoms with Gasteiger partial charge in [0.2, 0.25) is 0 Å². The van der Waals surface area contributed by atoms with Crippen LogP contribution in [-0.4, -0.2) is 50.5 Å². The molecule has 0 N–H and O–H groups in total. The Bertz CT molecular complexity index is 839. The molecule has 1 aliphatic heterocycles. The Labute approximate surface area is 170 Å². The zero-order chi connectivity index (χ0) is 21.1. The molecule has 0 amide bonds. The van der Waals surface area contributed by atoms with Crippen molar-refractivity contribution >= 4 is 23.0 Å². The van der Waals surface area contributed by atoms with E-state index in [9.17, 15) is 0 Å². The molecule has 1 aliphatic rings. The predicted molar refractivity (Wildman–Crippen MR) is 111 cm³/mol. The van der Waals surface area contributed by atoms with Crippen molar-refractivity contribution in [3.05, 3.63) is 47.0 Å². The third-order valence-electron chi connectivity index (χ3n) is 3.63. The van der Waals surface area contributed by atoms with E-state index in [1.807, 2.05) is 44.2 Å². The molecule has 0 aromatic heterocycles. The molecular weight excluding hydrogens is 376 g/mol. The third-order valence-corrected chi connectivity index (χ3v) is 3.63. The number of allylic oxidation sites excluding steroid dienone is 2. The lowest BCUT2D eigenvalue weighted by Gasteiger charge is -2.16. The maximum absolute atomic E-state index is 5.56. The highest BCUT2D eigenvalue weighted by atomic mass is 16.7. The smallest absolute Gasteiger partial charge is 0.280 e. The van der Waals surface area contributed by atoms with Gasteiger partial charge in [0.15, 0.2) is 12.3 Å². The Morgan fingerprint density at radius 1 is 1.07 bits per heavy atom. The first-order valence-corrected chi connectivity index (χ1v) is 9.02. The highest BCUT2D eigenvalue weighted by Crippen LogP contribution is 2.15. The van der Waals surface area contributed by atoms with Gasteiger partial charge in [-0.25, -0.2) is 0 Å². The fourth-order valence-electron chi connectivity index (χ4n) is 2.40. The fourth-order valence-corrected chi connectivity index (χ4v) is 2.40. The second-order valence-corrected chi connectivity index (χ2v) is 6.19. The van der Waals surface area contributed by atoms with E-state index in [2.05, 4.69) is 20.6 Å². The van der Waals surface area contributed by atoms with Gasteiger partial charge in [0.1, 0.15) is 38.9 Å². The summed E-state index contributed by atoms with van der Waals surface area (Å²) in [6.07, 6.45) is 1.86. The summed E-state index contributed by atoms with van der Waals surface area (Å²) in [7, 11) is 2.94. The lowest BCUT2D eigenvalue weighted by atomic mass is 10.0. The van der Waals surface area contributed by atoms with Gasteiger partial charge in [-0.2, -0.15) is 0 Å². The van der Waals surface area contributed by atoms with Crippen LogP contribution >= 0.6 is 0 Å². The SMILES string of the molecule is CO/N=C(C=C(C)C)\C(C)=N/OCc1ccccc1/C(=N/OC)C1=NOCCO1. The van der Waals surface area contributed by atoms with Crippen molar-refractivity contribution in [1.29, 1.82) is 0 Å². The van der Waals surface area contributed by atoms with E-state index in [0.29, 0.717) is 30.3 Å². The van der Waals surface area contributed by atoms with Crippen LogP contribution in [0.15, 0.2) is 56.5 Å². The molecule has 1 aromatic carbocycles. The van der Waals surface area contributed by atoms with Gasteiger partial charge in [-0.3, -0.25) is 0 Å². The second-order valence-electron chi connectivity index (χ2n) is 6.19. The summed E-state index contributed by atoms with van der Waals surface area (Å²) in [5.41, 5.74) is 4.22. The largest absolute Gasteiger partial charge is 0.470 e. The molecule has 0 saturated carbocycles. The van der Waals surface area contributed by atoms with Gasteiger partial charge in [0, 0.05) is 11.1 Å². The lowest BCUT2D eigenvalue weighted by Crippen LogP contribution is -2.26. The van der Waals surface area contributed by atoms with E-state index >= 15 is 0 Å². The molecule has 0 bridgehead atoms. The molecule has 0 saturated heterocycles. The number of ether oxygens (including phenoxy) is 1. The number of benzene rings is 1. The first-order chi connectivity index (χ1) is 14.1. The normalized spacial score (nSPS) is 14.9. The third kappa shape index (κ3) is 6.63. The van der Waals surface area contributed by atoms with Gasteiger partial charge < -0.3 is 24.1 Å². The van der Waals surface area contributed by atoms with Gasteiger partial charge in [-0.1, -0.05) is 45.3 Å². The molecule has 156 valence electrons. The van der Waals surface area contributed by atoms with Crippen LogP contribution in [-0.2, 0) is 30.7 Å². The Morgan fingerprint density at radius 3 is 2.48 bits per heavy atom. The van der Waals surface area contributed by atoms with Crippen LogP contribution in [0.2, 0.25) is 0 Å². The zero-order valence-corrected chi connectivity index (χ0v) is 17.3. The van der Waals surface area contributed by atoms with Gasteiger partial charge >= 0.3 is 0 Å². The van der Waals surface area contributed by atoms with Crippen molar-refractivity contribution in [1.82, 2.24) is 0 Å². The van der Waals surface area contributed by atoms with Crippen molar-refractivity contribution in [3.8, 4) is 0 Å². The summed E-state index contributed by atoms with van der Waals surface area (Å²) in [6, 6.07) is 7.54. The Hall–Kier alpha value is -3.36. The van der Waals surface area contributed by atoms with Crippen molar-refractivity contribution in [2.24, 2.45) is 20.6 Å². The summed E-state index contributed by atoms with van der Waals surface area (Å²) < 4.78 is 5.55. The number of hydrogen-bond acceptors (Lipinski definition) is 9. The molecular formula is C20H26N4O5. The van der Waals surface area contributed by atoms with Crippen molar-refractivity contribution in [2.75, 3.05) is 27.4 Å². The summed E-state index contributed by atoms with van der Waals surface area (Å²) in [6.45, 7) is 6.69. The van der Waals surface area contributed by atoms with Crippen molar-refractivity contribution in [3.63, 3.8) is 0 Å². The van der Waals surface area contributed by atoms with Gasteiger partial charge in [0.25, 0.3) is 5.90 Å². The van der Waals surface area contributed by atoms with Gasteiger partial charge in [-0.15, -0.1) is 0 Å². The summed E-state index contributed by atoms with van der Waals surface area (Å²) in [4.78, 5) is 20.5. The fraction of sp³-hybridized carbons (Fsp3) is 0.400. The van der Waals surface area contributed by atoms with E-state index in [0.717, 1.165) is 16.7 Å². The second kappa shape index (κ2) is 11.5. The molecule has 29 heavy (non-hydrogen) atoms. The van der Waals surface area contributed by atoms with Crippen LogP contribution in [0.4, 0.5) is 0 Å². The van der Waals surface area contributed by atoms with Crippen molar-refractivity contribution in [2.45, 2.75) is 27.4 Å². The van der Waals surface area contributed by atoms with E-state index < -0.39 is 0 Å². The standard InChI is InChI=1S/C20H26N4O5/c1-14(2)12-18(22-25-4)15(3)21-29-13-16-8-6-7-9-17(16)19(23-26-5)20-24-28-11-10-27-20/h6-9,12H,10-11,13H2,1-5H3/b21-15-,22-18-,23-19-. The molecule has 0 fully saturated rings. The average molecular weight is 402 g/mol. The van der Waals surface area contributed by atoms with Crippen LogP contribution in [0.5, 0.6) is 0 Å². The zero-order valence-electron chi connectivity index (χ0n) is 17.3. The maximum Gasteiger partial charge on any atom is 0.280 e. The van der Waals surface area contributed by atoms with E-state index in [1.54, 1.807) is 6.92 Å². The summed E-state index contributed by atoms with van der Waals surface area (Å²) in [5, 5.41) is 16.1. The first kappa shape index (κ1) is 21.9. The topological polar surface area (TPSA) is 95.6 Å². The molecule has 9 nitrogen and oxygen atoms in total. The highest BCUT2D eigenvalue weighted by Gasteiger charge is 2.21. The van der Waals surface area contributed by atoms with E-state index in [4.69, 9.17) is 24.1 Å². The minimum Gasteiger partial charge on any atom is -0.470 e. The predicted octanol–water partition coefficient (Wildman–Crippen LogP) is 3.26. The average Bonchev–Trinajstić information content (AvgIpc) is 2.72. The summed E-state index contributed by atoms with van der Waals surface area (Å²) >= 11 is 0. The van der Waals surface area contributed by atoms with E-state index in [1.165, 1.54) is 14.2 Å². The van der Waals surface area contributed by atoms with Crippen LogP contribution in [0.3, 0.4) is 0 Å². The first-order valence-electron chi connectivity index (χ1n) is 9.02. The molecule has 0 unspecified atom stereocenters. The van der Waals surface area contributed by atoms with Crippen LogP contribution in [0, 0.1) is 0 Å². The maximum atomic E-state index is 5.56. The number of rotatable bonds is 9. The Balaban J connectivity index is 2.22. The molecule has 0 spiro atoms. The number of oxime groups is 4. The number of nitrogens with zero attached hydrogens (tertiary/aromatic N) is 4. The lowest BCUT2D eigenvalue weighted by molar-refractivity contribution is 0.0672. The van der Waals surface area contributed by atoms with Crippen LogP contribution in [0.25, 0.3) is 0 Å². The van der Waals surface area contributed by atoms with Gasteiger partial charge in [-0.05, 0) is 32.0 Å². The Morgan fingerprint density at radius 2 is 1.83 bits per heavy atom. The minimum absolute atomic E-state index is 0.194. The quantitative estimate of drug-likeness (QED) is 0.467. The van der Waals surface area contributed by atoms with Crippen LogP contribution in [0.1, 0.15) is 31.9 Å². The van der Waals surface area contributed by atoms with Gasteiger partial charge in [0.05, 0.1) is 0 Å². The molecule has 0 radical (unpaired) electrons. The minimum atomic E-state index is 0.194. The van der Waals surface area contributed by atoms with Crippen LogP contribution < -0.4 is 0 Å². The molecule has 2 rings (SSSR count). The summed E-state index contributed by atoms with van der Waals surface area (Å²) in [5.74, 6) is 0.253. The molecule has 0 aliphatic carbocycles. The molecule has 1 heterocycles. The van der Waals surface area contributed by atoms with E-state index in [-0.39, 0.29) is 12.5 Å². The Kier molecular flexibility index (Phi) is 8.68. The highest BCUT2D eigenvalue weighted by molar-refractivity contribution is 6.46. The molecule has 9 heteroatoms. The monoisotopic (exact) mass is 402 g/mol. The molecule has 1 aromatic rings. The number of hydrogen-bond donors (Lipinski definition) is 0. The van der Waals surface area contributed by atoms with Crippen molar-refractivity contribution < 1.29 is 24.1 Å².